The number of ether oxygens (including phenoxy) is 2. The maximum absolute atomic E-state index is 6.42. The summed E-state index contributed by atoms with van der Waals surface area (Å²) in [6.45, 7) is 14.4. The van der Waals surface area contributed by atoms with Crippen molar-refractivity contribution in [2.24, 2.45) is 5.92 Å². The average molecular weight is 322 g/mol. The minimum Gasteiger partial charge on any atom is -0.378 e. The molecule has 132 valence electrons. The number of hydrogen-bond donors (Lipinski definition) is 0. The van der Waals surface area contributed by atoms with Crippen LogP contribution < -0.4 is 0 Å². The molecule has 4 aliphatic rings. The molecule has 4 nitrogen and oxygen atoms in total. The Labute approximate surface area is 141 Å². The van der Waals surface area contributed by atoms with Crippen LogP contribution in [0.5, 0.6) is 0 Å². The highest BCUT2D eigenvalue weighted by molar-refractivity contribution is 5.19. The third-order valence-corrected chi connectivity index (χ3v) is 6.98. The predicted octanol–water partition coefficient (Wildman–Crippen LogP) is 2.52. The molecule has 0 bridgehead atoms. The topological polar surface area (TPSA) is 24.9 Å². The molecule has 4 heteroatoms. The molecule has 0 N–H and O–H groups in total. The van der Waals surface area contributed by atoms with E-state index in [9.17, 15) is 0 Å². The Balaban J connectivity index is 1.51. The smallest absolute Gasteiger partial charge is 0.0809 e. The zero-order valence-electron chi connectivity index (χ0n) is 15.4. The van der Waals surface area contributed by atoms with Crippen LogP contribution in [0.1, 0.15) is 53.4 Å². The summed E-state index contributed by atoms with van der Waals surface area (Å²) >= 11 is 0. The molecule has 0 aromatic rings. The molecular formula is C19H34N2O2. The van der Waals surface area contributed by atoms with E-state index in [0.29, 0.717) is 24.0 Å². The monoisotopic (exact) mass is 322 g/mol. The average Bonchev–Trinajstić information content (AvgIpc) is 3.19. The molecule has 0 amide bonds. The van der Waals surface area contributed by atoms with Crippen LogP contribution in [0.15, 0.2) is 0 Å². The summed E-state index contributed by atoms with van der Waals surface area (Å²) in [4.78, 5) is 5.47. The Morgan fingerprint density at radius 2 is 1.87 bits per heavy atom. The predicted molar refractivity (Wildman–Crippen MR) is 91.7 cm³/mol. The van der Waals surface area contributed by atoms with Crippen molar-refractivity contribution in [3.05, 3.63) is 0 Å². The molecule has 2 aliphatic heterocycles. The normalized spacial score (nSPS) is 41.0. The number of morpholine rings is 2. The summed E-state index contributed by atoms with van der Waals surface area (Å²) in [5.74, 6) is 0.713. The summed E-state index contributed by atoms with van der Waals surface area (Å²) < 4.78 is 12.3. The molecule has 2 saturated heterocycles. The van der Waals surface area contributed by atoms with E-state index in [-0.39, 0.29) is 11.1 Å². The highest BCUT2D eigenvalue weighted by atomic mass is 16.5. The fourth-order valence-electron chi connectivity index (χ4n) is 5.44. The molecule has 2 saturated carbocycles. The second-order valence-corrected chi connectivity index (χ2v) is 8.93. The zero-order valence-corrected chi connectivity index (χ0v) is 15.4. The number of rotatable bonds is 3. The summed E-state index contributed by atoms with van der Waals surface area (Å²) in [5.41, 5.74) is 0.487. The van der Waals surface area contributed by atoms with E-state index < -0.39 is 0 Å². The molecule has 0 aromatic heterocycles. The molecule has 2 spiro atoms. The fraction of sp³-hybridized carbons (Fsp3) is 1.00. The first-order chi connectivity index (χ1) is 11.0. The summed E-state index contributed by atoms with van der Waals surface area (Å²) in [5, 5.41) is 0. The highest BCUT2D eigenvalue weighted by Crippen LogP contribution is 2.55. The van der Waals surface area contributed by atoms with Gasteiger partial charge in [0.05, 0.1) is 25.4 Å². The Kier molecular flexibility index (Phi) is 4.03. The van der Waals surface area contributed by atoms with Crippen molar-refractivity contribution in [2.75, 3.05) is 32.9 Å². The molecule has 2 heterocycles. The van der Waals surface area contributed by atoms with Crippen LogP contribution in [-0.2, 0) is 9.47 Å². The quantitative estimate of drug-likeness (QED) is 0.797. The van der Waals surface area contributed by atoms with Gasteiger partial charge in [-0.15, -0.1) is 0 Å². The van der Waals surface area contributed by atoms with Gasteiger partial charge in [-0.05, 0) is 59.3 Å². The van der Waals surface area contributed by atoms with Crippen LogP contribution in [0.25, 0.3) is 0 Å². The largest absolute Gasteiger partial charge is 0.378 e. The number of nitrogens with zero attached hydrogens (tertiary/aromatic N) is 2. The lowest BCUT2D eigenvalue weighted by molar-refractivity contribution is -0.184. The third kappa shape index (κ3) is 2.57. The fourth-order valence-corrected chi connectivity index (χ4v) is 5.44. The van der Waals surface area contributed by atoms with E-state index >= 15 is 0 Å². The van der Waals surface area contributed by atoms with Crippen molar-refractivity contribution in [1.29, 1.82) is 0 Å². The van der Waals surface area contributed by atoms with Crippen LogP contribution in [-0.4, -0.2) is 72.0 Å². The second kappa shape index (κ2) is 5.69. The third-order valence-electron chi connectivity index (χ3n) is 6.98. The lowest BCUT2D eigenvalue weighted by Crippen LogP contribution is -2.63. The Morgan fingerprint density at radius 1 is 1.09 bits per heavy atom. The first-order valence-corrected chi connectivity index (χ1v) is 9.72. The van der Waals surface area contributed by atoms with E-state index in [4.69, 9.17) is 9.47 Å². The first kappa shape index (κ1) is 16.3. The van der Waals surface area contributed by atoms with Crippen LogP contribution in [0.3, 0.4) is 0 Å². The molecule has 23 heavy (non-hydrogen) atoms. The van der Waals surface area contributed by atoms with Crippen molar-refractivity contribution >= 4 is 0 Å². The van der Waals surface area contributed by atoms with Crippen LogP contribution >= 0.6 is 0 Å². The van der Waals surface area contributed by atoms with Gasteiger partial charge in [-0.3, -0.25) is 9.80 Å². The zero-order chi connectivity index (χ0) is 16.2. The molecule has 0 radical (unpaired) electrons. The molecule has 4 fully saturated rings. The summed E-state index contributed by atoms with van der Waals surface area (Å²) in [6.07, 6.45) is 5.16. The van der Waals surface area contributed by atoms with Gasteiger partial charge in [0.15, 0.2) is 0 Å². The maximum Gasteiger partial charge on any atom is 0.0809 e. The van der Waals surface area contributed by atoms with E-state index in [2.05, 4.69) is 37.5 Å². The van der Waals surface area contributed by atoms with Gasteiger partial charge >= 0.3 is 0 Å². The molecule has 3 atom stereocenters. The van der Waals surface area contributed by atoms with Crippen molar-refractivity contribution in [1.82, 2.24) is 9.80 Å². The molecule has 3 unspecified atom stereocenters. The van der Waals surface area contributed by atoms with Crippen molar-refractivity contribution in [2.45, 2.75) is 82.6 Å². The van der Waals surface area contributed by atoms with Crippen LogP contribution in [0.4, 0.5) is 0 Å². The van der Waals surface area contributed by atoms with Gasteiger partial charge in [-0.1, -0.05) is 0 Å². The minimum atomic E-state index is 0.198. The van der Waals surface area contributed by atoms with E-state index in [1.54, 1.807) is 0 Å². The molecule has 2 aliphatic carbocycles. The van der Waals surface area contributed by atoms with Gasteiger partial charge in [0, 0.05) is 36.8 Å². The molecule has 0 aromatic carbocycles. The van der Waals surface area contributed by atoms with Gasteiger partial charge in [0.1, 0.15) is 0 Å². The lowest BCUT2D eigenvalue weighted by atomic mass is 9.77. The van der Waals surface area contributed by atoms with Crippen LogP contribution in [0.2, 0.25) is 0 Å². The van der Waals surface area contributed by atoms with Gasteiger partial charge in [-0.2, -0.15) is 0 Å². The SMILES string of the molecule is CC(C)N1CC2(CCC2)OCC1C1CC12COCCN2C(C)C. The van der Waals surface area contributed by atoms with Crippen molar-refractivity contribution in [3.63, 3.8) is 0 Å². The maximum atomic E-state index is 6.42. The lowest BCUT2D eigenvalue weighted by Gasteiger charge is -2.53. The van der Waals surface area contributed by atoms with Gasteiger partial charge in [-0.25, -0.2) is 0 Å². The van der Waals surface area contributed by atoms with Crippen molar-refractivity contribution < 1.29 is 9.47 Å². The Hall–Kier alpha value is -0.160. The van der Waals surface area contributed by atoms with E-state index in [1.165, 1.54) is 25.7 Å². The molecule has 4 rings (SSSR count). The minimum absolute atomic E-state index is 0.198. The summed E-state index contributed by atoms with van der Waals surface area (Å²) in [7, 11) is 0. The first-order valence-electron chi connectivity index (χ1n) is 9.72. The van der Waals surface area contributed by atoms with Crippen molar-refractivity contribution in [3.8, 4) is 0 Å². The molecular weight excluding hydrogens is 288 g/mol. The number of hydrogen-bond acceptors (Lipinski definition) is 4. The second-order valence-electron chi connectivity index (χ2n) is 8.93. The van der Waals surface area contributed by atoms with Crippen LogP contribution in [0, 0.1) is 5.92 Å². The van der Waals surface area contributed by atoms with Gasteiger partial charge < -0.3 is 9.47 Å². The Bertz CT molecular complexity index is 449. The highest BCUT2D eigenvalue weighted by Gasteiger charge is 2.64. The summed E-state index contributed by atoms with van der Waals surface area (Å²) in [6, 6.07) is 1.79. The van der Waals surface area contributed by atoms with Gasteiger partial charge in [0.25, 0.3) is 0 Å². The van der Waals surface area contributed by atoms with E-state index in [1.807, 2.05) is 0 Å². The van der Waals surface area contributed by atoms with E-state index in [0.717, 1.165) is 32.9 Å². The standard InChI is InChI=1S/C19H34N2O2/c1-14(2)20-12-18(6-5-7-18)23-11-17(20)16-10-19(16)13-22-9-8-21(19)15(3)4/h14-17H,5-13H2,1-4H3. The Morgan fingerprint density at radius 3 is 2.48 bits per heavy atom. The van der Waals surface area contributed by atoms with Gasteiger partial charge in [0.2, 0.25) is 0 Å².